The van der Waals surface area contributed by atoms with Gasteiger partial charge in [-0.2, -0.15) is 0 Å². The zero-order chi connectivity index (χ0) is 23.5. The smallest absolute Gasteiger partial charge is 0.354 e. The summed E-state index contributed by atoms with van der Waals surface area (Å²) < 4.78 is 32.9. The lowest BCUT2D eigenvalue weighted by Crippen LogP contribution is -2.40. The first kappa shape index (κ1) is 24.0. The molecule has 0 radical (unpaired) electrons. The highest BCUT2D eigenvalue weighted by atomic mass is 32.2. The molecule has 0 bridgehead atoms. The van der Waals surface area contributed by atoms with Gasteiger partial charge in [-0.15, -0.1) is 0 Å². The molecule has 0 spiro atoms. The Kier molecular flexibility index (Phi) is 7.37. The van der Waals surface area contributed by atoms with Gasteiger partial charge < -0.3 is 14.6 Å². The molecule has 1 saturated heterocycles. The topological polar surface area (TPSA) is 101 Å². The van der Waals surface area contributed by atoms with Crippen LogP contribution in [0, 0.1) is 6.92 Å². The van der Waals surface area contributed by atoms with Crippen molar-refractivity contribution < 1.29 is 22.7 Å². The third kappa shape index (κ3) is 5.20. The number of carbonyl (C=O) groups excluding carboxylic acids is 2. The van der Waals surface area contributed by atoms with Crippen molar-refractivity contribution in [3.8, 4) is 0 Å². The van der Waals surface area contributed by atoms with Crippen molar-refractivity contribution in [3.05, 3.63) is 47.8 Å². The lowest BCUT2D eigenvalue weighted by atomic mass is 10.0. The second-order valence-electron chi connectivity index (χ2n) is 8.12. The number of benzene rings is 1. The number of esters is 1. The monoisotopic (exact) mass is 462 g/mol. The third-order valence-electron chi connectivity index (χ3n) is 5.72. The number of aryl methyl sites for hydroxylation is 1. The van der Waals surface area contributed by atoms with Crippen LogP contribution in [0.3, 0.4) is 0 Å². The summed E-state index contributed by atoms with van der Waals surface area (Å²) in [5, 5.41) is 2.81. The van der Waals surface area contributed by atoms with Gasteiger partial charge in [0.2, 0.25) is 15.9 Å². The van der Waals surface area contributed by atoms with E-state index >= 15 is 0 Å². The van der Waals surface area contributed by atoms with Crippen LogP contribution in [0.1, 0.15) is 34.9 Å². The molecule has 0 aliphatic carbocycles. The molecule has 1 aromatic heterocycles. The Morgan fingerprint density at radius 2 is 1.88 bits per heavy atom. The summed E-state index contributed by atoms with van der Waals surface area (Å²) in [6.07, 6.45) is 3.50. The number of ether oxygens (including phenoxy) is 1. The fourth-order valence-electron chi connectivity index (χ4n) is 3.90. The van der Waals surface area contributed by atoms with E-state index in [1.807, 2.05) is 16.8 Å². The minimum absolute atomic E-state index is 0.175. The number of nitrogens with one attached hydrogen (secondary N) is 1. The van der Waals surface area contributed by atoms with Gasteiger partial charge in [0.15, 0.2) is 0 Å². The number of hydrogen-bond acceptors (Lipinski definition) is 6. The maximum absolute atomic E-state index is 12.6. The van der Waals surface area contributed by atoms with E-state index in [4.69, 9.17) is 4.74 Å². The number of anilines is 1. The van der Waals surface area contributed by atoms with Crippen LogP contribution >= 0.6 is 0 Å². The molecule has 0 unspecified atom stereocenters. The molecule has 9 nitrogen and oxygen atoms in total. The van der Waals surface area contributed by atoms with Crippen molar-refractivity contribution in [2.24, 2.45) is 0 Å². The number of carbonyl (C=O) groups is 2. The number of aromatic nitrogens is 1. The van der Waals surface area contributed by atoms with Crippen LogP contribution in [0.4, 0.5) is 5.69 Å². The van der Waals surface area contributed by atoms with Gasteiger partial charge in [-0.25, -0.2) is 17.5 Å². The highest BCUT2D eigenvalue weighted by molar-refractivity contribution is 7.89. The number of hydrogen-bond donors (Lipinski definition) is 1. The van der Waals surface area contributed by atoms with Crippen molar-refractivity contribution in [1.29, 1.82) is 0 Å². The summed E-state index contributed by atoms with van der Waals surface area (Å²) in [5.74, 6) is -0.553. The molecule has 1 N–H and O–H groups in total. The Labute approximate surface area is 189 Å². The molecule has 2 aromatic rings. The molecule has 10 heteroatoms. The van der Waals surface area contributed by atoms with Crippen LogP contribution in [0.15, 0.2) is 41.4 Å². The molecule has 0 atom stereocenters. The van der Waals surface area contributed by atoms with Crippen molar-refractivity contribution in [1.82, 2.24) is 13.8 Å². The number of sulfonamides is 1. The predicted octanol–water partition coefficient (Wildman–Crippen LogP) is 2.11. The van der Waals surface area contributed by atoms with Crippen LogP contribution in [0.2, 0.25) is 0 Å². The molecule has 1 aromatic carbocycles. The molecule has 1 aliphatic rings. The summed E-state index contributed by atoms with van der Waals surface area (Å²) in [6, 6.07) is 8.64. The molecule has 0 saturated carbocycles. The summed E-state index contributed by atoms with van der Waals surface area (Å²) in [4.78, 5) is 26.7. The SMILES string of the molecule is COC(=O)c1cccn1C1CCN(CC(=O)Nc2ccc(C)c(S(=O)(=O)N(C)C)c2)CC1. The first-order valence-electron chi connectivity index (χ1n) is 10.4. The van der Waals surface area contributed by atoms with Gasteiger partial charge in [0.05, 0.1) is 18.6 Å². The zero-order valence-corrected chi connectivity index (χ0v) is 19.7. The average molecular weight is 463 g/mol. The first-order chi connectivity index (χ1) is 15.1. The molecule has 3 rings (SSSR count). The van der Waals surface area contributed by atoms with Gasteiger partial charge in [0.1, 0.15) is 5.69 Å². The number of nitrogens with zero attached hydrogens (tertiary/aromatic N) is 3. The minimum atomic E-state index is -3.60. The summed E-state index contributed by atoms with van der Waals surface area (Å²) in [5.41, 5.74) is 1.60. The molecule has 174 valence electrons. The number of piperidine rings is 1. The van der Waals surface area contributed by atoms with Gasteiger partial charge in [-0.05, 0) is 49.6 Å². The maximum Gasteiger partial charge on any atom is 0.354 e. The Bertz CT molecular complexity index is 1090. The van der Waals surface area contributed by atoms with Crippen LogP contribution in [0.5, 0.6) is 0 Å². The number of likely N-dealkylation sites (tertiary alicyclic amines) is 1. The Morgan fingerprint density at radius 3 is 2.50 bits per heavy atom. The second kappa shape index (κ2) is 9.85. The highest BCUT2D eigenvalue weighted by Crippen LogP contribution is 2.25. The van der Waals surface area contributed by atoms with Crippen LogP contribution in [-0.2, 0) is 19.6 Å². The number of amides is 1. The van der Waals surface area contributed by atoms with Crippen LogP contribution < -0.4 is 5.32 Å². The third-order valence-corrected chi connectivity index (χ3v) is 7.68. The van der Waals surface area contributed by atoms with Gasteiger partial charge in [-0.3, -0.25) is 9.69 Å². The molecule has 32 heavy (non-hydrogen) atoms. The molecule has 2 heterocycles. The van der Waals surface area contributed by atoms with Gasteiger partial charge in [0, 0.05) is 45.1 Å². The molecule has 1 aliphatic heterocycles. The Hall–Kier alpha value is -2.69. The molecular formula is C22H30N4O5S. The Morgan fingerprint density at radius 1 is 1.19 bits per heavy atom. The lowest BCUT2D eigenvalue weighted by molar-refractivity contribution is -0.117. The van der Waals surface area contributed by atoms with Crippen molar-refractivity contribution >= 4 is 27.6 Å². The number of rotatable bonds is 7. The highest BCUT2D eigenvalue weighted by Gasteiger charge is 2.25. The largest absolute Gasteiger partial charge is 0.464 e. The average Bonchev–Trinajstić information content (AvgIpc) is 3.24. The molecule has 1 fully saturated rings. The lowest BCUT2D eigenvalue weighted by Gasteiger charge is -2.32. The first-order valence-corrected chi connectivity index (χ1v) is 11.9. The van der Waals surface area contributed by atoms with Crippen LogP contribution in [0.25, 0.3) is 0 Å². The summed E-state index contributed by atoms with van der Waals surface area (Å²) in [7, 11) is 0.728. The Balaban J connectivity index is 1.58. The van der Waals surface area contributed by atoms with E-state index < -0.39 is 10.0 Å². The standard InChI is InChI=1S/C22H30N4O5S/c1-16-7-8-17(14-20(16)32(29,30)24(2)3)23-21(27)15-25-12-9-18(10-13-25)26-11-5-6-19(26)22(28)31-4/h5-8,11,14,18H,9-10,12-13,15H2,1-4H3,(H,23,27). The van der Waals surface area contributed by atoms with Crippen molar-refractivity contribution in [2.75, 3.05) is 46.2 Å². The van der Waals surface area contributed by atoms with Gasteiger partial charge >= 0.3 is 5.97 Å². The minimum Gasteiger partial charge on any atom is -0.464 e. The quantitative estimate of drug-likeness (QED) is 0.633. The van der Waals surface area contributed by atoms with E-state index in [1.165, 1.54) is 27.3 Å². The second-order valence-corrected chi connectivity index (χ2v) is 10.2. The molecule has 1 amide bonds. The predicted molar refractivity (Wildman–Crippen MR) is 121 cm³/mol. The van der Waals surface area contributed by atoms with Crippen LogP contribution in [-0.4, -0.2) is 74.9 Å². The maximum atomic E-state index is 12.6. The summed E-state index contributed by atoms with van der Waals surface area (Å²) >= 11 is 0. The fraction of sp³-hybridized carbons (Fsp3) is 0.455. The van der Waals surface area contributed by atoms with E-state index in [2.05, 4.69) is 10.2 Å². The summed E-state index contributed by atoms with van der Waals surface area (Å²) in [6.45, 7) is 3.37. The van der Waals surface area contributed by atoms with E-state index in [0.717, 1.165) is 17.1 Å². The van der Waals surface area contributed by atoms with Crippen molar-refractivity contribution in [2.45, 2.75) is 30.7 Å². The zero-order valence-electron chi connectivity index (χ0n) is 18.9. The van der Waals surface area contributed by atoms with E-state index in [-0.39, 0.29) is 29.4 Å². The normalized spacial score (nSPS) is 15.7. The van der Waals surface area contributed by atoms with Crippen molar-refractivity contribution in [3.63, 3.8) is 0 Å². The number of methoxy groups -OCH3 is 1. The van der Waals surface area contributed by atoms with Gasteiger partial charge in [0.25, 0.3) is 0 Å². The fourth-order valence-corrected chi connectivity index (χ4v) is 5.05. The van der Waals surface area contributed by atoms with E-state index in [0.29, 0.717) is 30.0 Å². The van der Waals surface area contributed by atoms with E-state index in [9.17, 15) is 18.0 Å². The van der Waals surface area contributed by atoms with Gasteiger partial charge in [-0.1, -0.05) is 6.07 Å². The molecular weight excluding hydrogens is 432 g/mol. The van der Waals surface area contributed by atoms with E-state index in [1.54, 1.807) is 25.1 Å².